The van der Waals surface area contributed by atoms with E-state index in [1.165, 1.54) is 6.07 Å². The molecule has 0 saturated heterocycles. The Hall–Kier alpha value is -1.99. The Labute approximate surface area is 129 Å². The molecule has 7 heteroatoms. The number of nitrogens with one attached hydrogen (secondary N) is 1. The van der Waals surface area contributed by atoms with Crippen LogP contribution in [0.15, 0.2) is 35.4 Å². The van der Waals surface area contributed by atoms with Crippen molar-refractivity contribution in [3.05, 3.63) is 36.0 Å². The maximum absolute atomic E-state index is 12.6. The second-order valence-electron chi connectivity index (χ2n) is 5.46. The first-order chi connectivity index (χ1) is 10.2. The Morgan fingerprint density at radius 2 is 1.95 bits per heavy atom. The number of carbonyl (C=O) groups is 1. The van der Waals surface area contributed by atoms with Crippen molar-refractivity contribution in [1.82, 2.24) is 9.71 Å². The summed E-state index contributed by atoms with van der Waals surface area (Å²) in [6.45, 7) is 5.14. The van der Waals surface area contributed by atoms with Gasteiger partial charge in [0.15, 0.2) is 0 Å². The van der Waals surface area contributed by atoms with Gasteiger partial charge in [0, 0.05) is 11.6 Å². The normalized spacial score (nSPS) is 13.5. The Kier molecular flexibility index (Phi) is 4.48. The van der Waals surface area contributed by atoms with Crippen molar-refractivity contribution in [1.29, 1.82) is 0 Å². The van der Waals surface area contributed by atoms with E-state index >= 15 is 0 Å². The quantitative estimate of drug-likeness (QED) is 0.877. The predicted octanol–water partition coefficient (Wildman–Crippen LogP) is 1.93. The van der Waals surface area contributed by atoms with E-state index in [0.717, 1.165) is 5.56 Å². The number of hydrogen-bond acceptors (Lipinski definition) is 4. The van der Waals surface area contributed by atoms with Crippen LogP contribution in [0.4, 0.5) is 0 Å². The summed E-state index contributed by atoms with van der Waals surface area (Å²) < 4.78 is 27.4. The zero-order chi connectivity index (χ0) is 16.5. The summed E-state index contributed by atoms with van der Waals surface area (Å²) >= 11 is 0. The van der Waals surface area contributed by atoms with Crippen molar-refractivity contribution < 1.29 is 18.3 Å². The summed E-state index contributed by atoms with van der Waals surface area (Å²) in [4.78, 5) is 15.5. The van der Waals surface area contributed by atoms with Gasteiger partial charge < -0.3 is 5.11 Å². The monoisotopic (exact) mass is 322 g/mol. The smallest absolute Gasteiger partial charge is 0.322 e. The van der Waals surface area contributed by atoms with Crippen LogP contribution >= 0.6 is 0 Å². The minimum Gasteiger partial charge on any atom is -0.480 e. The second kappa shape index (κ2) is 6.02. The van der Waals surface area contributed by atoms with Gasteiger partial charge in [-0.1, -0.05) is 19.9 Å². The van der Waals surface area contributed by atoms with E-state index in [0.29, 0.717) is 10.9 Å². The summed E-state index contributed by atoms with van der Waals surface area (Å²) in [5.41, 5.74) is 1.44. The molecule has 118 valence electrons. The molecule has 0 fully saturated rings. The van der Waals surface area contributed by atoms with Crippen LogP contribution in [0, 0.1) is 12.8 Å². The van der Waals surface area contributed by atoms with Crippen LogP contribution < -0.4 is 4.72 Å². The molecule has 0 aliphatic heterocycles. The van der Waals surface area contributed by atoms with Gasteiger partial charge in [-0.25, -0.2) is 8.42 Å². The van der Waals surface area contributed by atoms with Gasteiger partial charge in [0.05, 0.1) is 10.4 Å². The SMILES string of the molecule is Cc1ccc(S(=O)(=O)NC(C(=O)O)C(C)C)c2cccnc12. The molecule has 22 heavy (non-hydrogen) atoms. The van der Waals surface area contributed by atoms with Crippen molar-refractivity contribution in [2.75, 3.05) is 0 Å². The van der Waals surface area contributed by atoms with Crippen molar-refractivity contribution in [2.24, 2.45) is 5.92 Å². The lowest BCUT2D eigenvalue weighted by Crippen LogP contribution is -2.44. The fraction of sp³-hybridized carbons (Fsp3) is 0.333. The number of aliphatic carboxylic acids is 1. The molecular formula is C15H18N2O4S. The molecule has 0 aliphatic carbocycles. The lowest BCUT2D eigenvalue weighted by atomic mass is 10.1. The molecule has 1 atom stereocenters. The Bertz CT molecular complexity index is 815. The summed E-state index contributed by atoms with van der Waals surface area (Å²) in [5.74, 6) is -1.57. The van der Waals surface area contributed by atoms with E-state index in [4.69, 9.17) is 0 Å². The van der Waals surface area contributed by atoms with E-state index < -0.39 is 22.0 Å². The zero-order valence-corrected chi connectivity index (χ0v) is 13.4. The maximum Gasteiger partial charge on any atom is 0.322 e. The first-order valence-corrected chi connectivity index (χ1v) is 8.32. The number of benzene rings is 1. The fourth-order valence-corrected chi connectivity index (χ4v) is 3.76. The van der Waals surface area contributed by atoms with E-state index in [2.05, 4.69) is 9.71 Å². The largest absolute Gasteiger partial charge is 0.480 e. The third kappa shape index (κ3) is 3.10. The topological polar surface area (TPSA) is 96.4 Å². The molecule has 1 unspecified atom stereocenters. The van der Waals surface area contributed by atoms with Gasteiger partial charge in [-0.2, -0.15) is 4.72 Å². The minimum atomic E-state index is -3.96. The molecule has 2 N–H and O–H groups in total. The van der Waals surface area contributed by atoms with Crippen LogP contribution in [0.1, 0.15) is 19.4 Å². The molecule has 2 aromatic rings. The molecule has 0 amide bonds. The second-order valence-corrected chi connectivity index (χ2v) is 7.14. The maximum atomic E-state index is 12.6. The van der Waals surface area contributed by atoms with Crippen LogP contribution in [0.5, 0.6) is 0 Å². The lowest BCUT2D eigenvalue weighted by Gasteiger charge is -2.18. The van der Waals surface area contributed by atoms with E-state index in [-0.39, 0.29) is 10.8 Å². The number of aromatic nitrogens is 1. The lowest BCUT2D eigenvalue weighted by molar-refractivity contribution is -0.140. The molecule has 1 aromatic carbocycles. The highest BCUT2D eigenvalue weighted by Gasteiger charge is 2.29. The van der Waals surface area contributed by atoms with E-state index in [9.17, 15) is 18.3 Å². The van der Waals surface area contributed by atoms with Crippen LogP contribution in [0.2, 0.25) is 0 Å². The number of aryl methyl sites for hydroxylation is 1. The standard InChI is InChI=1S/C15H18N2O4S/c1-9(2)13(15(18)19)17-22(20,21)12-7-6-10(3)14-11(12)5-4-8-16-14/h4-9,13,17H,1-3H3,(H,18,19). The van der Waals surface area contributed by atoms with E-state index in [1.807, 2.05) is 6.92 Å². The molecule has 6 nitrogen and oxygen atoms in total. The van der Waals surface area contributed by atoms with E-state index in [1.54, 1.807) is 38.2 Å². The van der Waals surface area contributed by atoms with Gasteiger partial charge in [-0.05, 0) is 36.6 Å². The number of rotatable bonds is 5. The Balaban J connectivity index is 2.55. The molecule has 0 saturated carbocycles. The zero-order valence-electron chi connectivity index (χ0n) is 12.6. The summed E-state index contributed by atoms with van der Waals surface area (Å²) in [6.07, 6.45) is 1.59. The summed E-state index contributed by atoms with van der Waals surface area (Å²) in [6, 6.07) is 5.26. The highest BCUT2D eigenvalue weighted by atomic mass is 32.2. The molecule has 0 spiro atoms. The molecular weight excluding hydrogens is 304 g/mol. The van der Waals surface area contributed by atoms with Crippen molar-refractivity contribution >= 4 is 26.9 Å². The van der Waals surface area contributed by atoms with Gasteiger partial charge in [0.2, 0.25) is 10.0 Å². The number of hydrogen-bond donors (Lipinski definition) is 2. The van der Waals surface area contributed by atoms with Gasteiger partial charge in [0.1, 0.15) is 6.04 Å². The van der Waals surface area contributed by atoms with Gasteiger partial charge in [0.25, 0.3) is 0 Å². The molecule has 2 rings (SSSR count). The van der Waals surface area contributed by atoms with Crippen LogP contribution in [0.3, 0.4) is 0 Å². The van der Waals surface area contributed by atoms with Crippen molar-refractivity contribution in [3.8, 4) is 0 Å². The van der Waals surface area contributed by atoms with Crippen molar-refractivity contribution in [2.45, 2.75) is 31.7 Å². The highest BCUT2D eigenvalue weighted by molar-refractivity contribution is 7.89. The molecule has 1 heterocycles. The minimum absolute atomic E-state index is 0.0353. The number of fused-ring (bicyclic) bond motifs is 1. The van der Waals surface area contributed by atoms with Crippen LogP contribution in [0.25, 0.3) is 10.9 Å². The average molecular weight is 322 g/mol. The number of carboxylic acid groups (broad SMARTS) is 1. The molecule has 1 aromatic heterocycles. The molecule has 0 radical (unpaired) electrons. The Morgan fingerprint density at radius 3 is 2.55 bits per heavy atom. The number of sulfonamides is 1. The highest BCUT2D eigenvalue weighted by Crippen LogP contribution is 2.24. The summed E-state index contributed by atoms with van der Waals surface area (Å²) in [7, 11) is -3.96. The average Bonchev–Trinajstić information content (AvgIpc) is 2.44. The number of carboxylic acids is 1. The van der Waals surface area contributed by atoms with Gasteiger partial charge in [-0.15, -0.1) is 0 Å². The third-order valence-electron chi connectivity index (χ3n) is 3.44. The van der Waals surface area contributed by atoms with Crippen LogP contribution in [-0.2, 0) is 14.8 Å². The van der Waals surface area contributed by atoms with Crippen molar-refractivity contribution in [3.63, 3.8) is 0 Å². The van der Waals surface area contributed by atoms with Crippen LogP contribution in [-0.4, -0.2) is 30.5 Å². The van der Waals surface area contributed by atoms with Gasteiger partial charge in [-0.3, -0.25) is 9.78 Å². The molecule has 0 aliphatic rings. The number of nitrogens with zero attached hydrogens (tertiary/aromatic N) is 1. The first-order valence-electron chi connectivity index (χ1n) is 6.83. The molecule has 0 bridgehead atoms. The van der Waals surface area contributed by atoms with Gasteiger partial charge >= 0.3 is 5.97 Å². The first kappa shape index (κ1) is 16.4. The predicted molar refractivity (Wildman–Crippen MR) is 83.1 cm³/mol. The third-order valence-corrected chi connectivity index (χ3v) is 4.94. The number of pyridine rings is 1. The summed E-state index contributed by atoms with van der Waals surface area (Å²) in [5, 5.41) is 9.65. The fourth-order valence-electron chi connectivity index (χ4n) is 2.22. The Morgan fingerprint density at radius 1 is 1.27 bits per heavy atom.